The lowest BCUT2D eigenvalue weighted by molar-refractivity contribution is -0.111. The molecule has 1 amide bonds. The molecule has 5 nitrogen and oxygen atoms in total. The minimum absolute atomic E-state index is 0.215. The minimum atomic E-state index is -0.267. The monoisotopic (exact) mass is 359 g/mol. The Bertz CT molecular complexity index is 1050. The van der Waals surface area contributed by atoms with E-state index in [0.29, 0.717) is 5.56 Å². The van der Waals surface area contributed by atoms with Crippen LogP contribution in [0.25, 0.3) is 17.0 Å². The summed E-state index contributed by atoms with van der Waals surface area (Å²) in [7, 11) is 0. The van der Waals surface area contributed by atoms with Crippen molar-refractivity contribution in [1.82, 2.24) is 4.98 Å². The molecule has 2 N–H and O–H groups in total. The lowest BCUT2D eigenvalue weighted by Crippen LogP contribution is -2.17. The van der Waals surface area contributed by atoms with Crippen LogP contribution in [-0.2, 0) is 4.79 Å². The number of aromatic nitrogens is 1. The van der Waals surface area contributed by atoms with Gasteiger partial charge in [-0.1, -0.05) is 18.2 Å². The predicted octanol–water partition coefficient (Wildman–Crippen LogP) is 3.78. The number of H-pyrrole nitrogens is 1. The SMILES string of the molecule is O=C(/C=C/c1cc2ccccc2[nH]c1=O)Nc1ccc(N2CCCC2)cc1. The van der Waals surface area contributed by atoms with Crippen LogP contribution in [0.3, 0.4) is 0 Å². The zero-order valence-corrected chi connectivity index (χ0v) is 14.9. The number of nitrogens with zero attached hydrogens (tertiary/aromatic N) is 1. The minimum Gasteiger partial charge on any atom is -0.372 e. The summed E-state index contributed by atoms with van der Waals surface area (Å²) in [6.07, 6.45) is 5.39. The van der Waals surface area contributed by atoms with Crippen molar-refractivity contribution < 1.29 is 4.79 Å². The van der Waals surface area contributed by atoms with Crippen LogP contribution in [0.1, 0.15) is 18.4 Å². The molecule has 0 aliphatic carbocycles. The molecule has 27 heavy (non-hydrogen) atoms. The van der Waals surface area contributed by atoms with Gasteiger partial charge in [0.1, 0.15) is 0 Å². The number of pyridine rings is 1. The van der Waals surface area contributed by atoms with Crippen LogP contribution in [-0.4, -0.2) is 24.0 Å². The number of hydrogen-bond donors (Lipinski definition) is 2. The fourth-order valence-corrected chi connectivity index (χ4v) is 3.37. The van der Waals surface area contributed by atoms with Crippen molar-refractivity contribution in [2.24, 2.45) is 0 Å². The quantitative estimate of drug-likeness (QED) is 0.697. The lowest BCUT2D eigenvalue weighted by atomic mass is 10.1. The number of nitrogens with one attached hydrogen (secondary N) is 2. The van der Waals surface area contributed by atoms with Gasteiger partial charge in [0.2, 0.25) is 5.91 Å². The Morgan fingerprint density at radius 3 is 2.56 bits per heavy atom. The summed E-state index contributed by atoms with van der Waals surface area (Å²) < 4.78 is 0. The van der Waals surface area contributed by atoms with Gasteiger partial charge in [0.05, 0.1) is 0 Å². The maximum absolute atomic E-state index is 12.2. The molecule has 0 spiro atoms. The molecule has 1 aliphatic rings. The first-order valence-corrected chi connectivity index (χ1v) is 9.15. The number of anilines is 2. The van der Waals surface area contributed by atoms with Crippen molar-refractivity contribution in [1.29, 1.82) is 0 Å². The average molecular weight is 359 g/mol. The van der Waals surface area contributed by atoms with Crippen molar-refractivity contribution in [2.75, 3.05) is 23.3 Å². The van der Waals surface area contributed by atoms with E-state index in [1.54, 1.807) is 12.1 Å². The number of para-hydroxylation sites is 1. The molecule has 1 aliphatic heterocycles. The Balaban J connectivity index is 1.44. The normalized spacial score (nSPS) is 14.1. The van der Waals surface area contributed by atoms with Gasteiger partial charge in [-0.2, -0.15) is 0 Å². The number of benzene rings is 2. The van der Waals surface area contributed by atoms with Gasteiger partial charge >= 0.3 is 0 Å². The standard InChI is InChI=1S/C22H21N3O2/c26-21(23-18-8-10-19(11-9-18)25-13-3-4-14-25)12-7-17-15-16-5-1-2-6-20(16)24-22(17)27/h1-2,5-12,15H,3-4,13-14H2,(H,23,26)(H,24,27)/b12-7+. The predicted molar refractivity (Wildman–Crippen MR) is 110 cm³/mol. The largest absolute Gasteiger partial charge is 0.372 e. The molecule has 0 atom stereocenters. The molecule has 0 unspecified atom stereocenters. The van der Waals surface area contributed by atoms with Gasteiger partial charge in [-0.25, -0.2) is 0 Å². The van der Waals surface area contributed by atoms with E-state index in [1.807, 2.05) is 48.5 Å². The maximum Gasteiger partial charge on any atom is 0.255 e. The zero-order valence-electron chi connectivity index (χ0n) is 14.9. The van der Waals surface area contributed by atoms with E-state index in [0.717, 1.165) is 29.7 Å². The molecule has 4 rings (SSSR count). The third kappa shape index (κ3) is 3.92. The van der Waals surface area contributed by atoms with Crippen LogP contribution in [0.5, 0.6) is 0 Å². The van der Waals surface area contributed by atoms with E-state index < -0.39 is 0 Å². The average Bonchev–Trinajstić information content (AvgIpc) is 3.22. The summed E-state index contributed by atoms with van der Waals surface area (Å²) in [5.74, 6) is -0.267. The first-order valence-electron chi connectivity index (χ1n) is 9.15. The van der Waals surface area contributed by atoms with Crippen molar-refractivity contribution in [3.8, 4) is 0 Å². The molecule has 1 fully saturated rings. The van der Waals surface area contributed by atoms with Crippen LogP contribution in [0.15, 0.2) is 65.5 Å². The van der Waals surface area contributed by atoms with E-state index in [9.17, 15) is 9.59 Å². The number of carbonyl (C=O) groups excluding carboxylic acids is 1. The number of hydrogen-bond acceptors (Lipinski definition) is 3. The third-order valence-corrected chi connectivity index (χ3v) is 4.80. The van der Waals surface area contributed by atoms with Crippen LogP contribution in [0, 0.1) is 0 Å². The topological polar surface area (TPSA) is 65.2 Å². The van der Waals surface area contributed by atoms with Gasteiger partial charge in [0.15, 0.2) is 0 Å². The van der Waals surface area contributed by atoms with Crippen LogP contribution in [0.2, 0.25) is 0 Å². The second-order valence-corrected chi connectivity index (χ2v) is 6.70. The van der Waals surface area contributed by atoms with Gasteiger partial charge < -0.3 is 15.2 Å². The zero-order chi connectivity index (χ0) is 18.6. The summed E-state index contributed by atoms with van der Waals surface area (Å²) in [5, 5.41) is 3.76. The molecule has 0 radical (unpaired) electrons. The fraction of sp³-hybridized carbons (Fsp3) is 0.182. The molecule has 5 heteroatoms. The Labute approximate surface area is 157 Å². The first kappa shape index (κ1) is 17.1. The molecular formula is C22H21N3O2. The van der Waals surface area contributed by atoms with E-state index in [4.69, 9.17) is 0 Å². The Morgan fingerprint density at radius 2 is 1.78 bits per heavy atom. The van der Waals surface area contributed by atoms with Gasteiger partial charge in [0, 0.05) is 41.6 Å². The molecule has 3 aromatic rings. The van der Waals surface area contributed by atoms with Crippen LogP contribution < -0.4 is 15.8 Å². The van der Waals surface area contributed by atoms with Crippen molar-refractivity contribution in [3.05, 3.63) is 76.6 Å². The van der Waals surface area contributed by atoms with E-state index in [1.165, 1.54) is 24.6 Å². The van der Waals surface area contributed by atoms with Gasteiger partial charge in [-0.05, 0) is 60.7 Å². The van der Waals surface area contributed by atoms with Crippen molar-refractivity contribution in [3.63, 3.8) is 0 Å². The highest BCUT2D eigenvalue weighted by molar-refractivity contribution is 6.02. The number of amides is 1. The fourth-order valence-electron chi connectivity index (χ4n) is 3.37. The Morgan fingerprint density at radius 1 is 1.04 bits per heavy atom. The highest BCUT2D eigenvalue weighted by Gasteiger charge is 2.11. The summed E-state index contributed by atoms with van der Waals surface area (Å²) in [6.45, 7) is 2.18. The molecule has 2 aromatic carbocycles. The van der Waals surface area contributed by atoms with Crippen molar-refractivity contribution in [2.45, 2.75) is 12.8 Å². The molecule has 0 saturated carbocycles. The third-order valence-electron chi connectivity index (χ3n) is 4.80. The van der Waals surface area contributed by atoms with Crippen LogP contribution >= 0.6 is 0 Å². The number of carbonyl (C=O) groups is 1. The highest BCUT2D eigenvalue weighted by Crippen LogP contribution is 2.22. The van der Waals surface area contributed by atoms with Gasteiger partial charge in [-0.15, -0.1) is 0 Å². The first-order chi connectivity index (χ1) is 13.2. The molecule has 2 heterocycles. The second-order valence-electron chi connectivity index (χ2n) is 6.70. The van der Waals surface area contributed by atoms with Crippen molar-refractivity contribution >= 4 is 34.3 Å². The number of rotatable bonds is 4. The number of fused-ring (bicyclic) bond motifs is 1. The lowest BCUT2D eigenvalue weighted by Gasteiger charge is -2.17. The van der Waals surface area contributed by atoms with E-state index >= 15 is 0 Å². The maximum atomic E-state index is 12.2. The Kier molecular flexibility index (Phi) is 4.75. The molecular weight excluding hydrogens is 338 g/mol. The Hall–Kier alpha value is -3.34. The smallest absolute Gasteiger partial charge is 0.255 e. The summed E-state index contributed by atoms with van der Waals surface area (Å²) in [4.78, 5) is 29.5. The van der Waals surface area contributed by atoms with Crippen LogP contribution in [0.4, 0.5) is 11.4 Å². The molecule has 1 saturated heterocycles. The summed E-state index contributed by atoms with van der Waals surface area (Å²) in [6, 6.07) is 17.2. The molecule has 1 aromatic heterocycles. The second kappa shape index (κ2) is 7.50. The van der Waals surface area contributed by atoms with Gasteiger partial charge in [-0.3, -0.25) is 9.59 Å². The van der Waals surface area contributed by atoms with E-state index in [2.05, 4.69) is 15.2 Å². The summed E-state index contributed by atoms with van der Waals surface area (Å²) in [5.41, 5.74) is 2.94. The number of aromatic amines is 1. The van der Waals surface area contributed by atoms with Gasteiger partial charge in [0.25, 0.3) is 5.56 Å². The molecule has 0 bridgehead atoms. The van der Waals surface area contributed by atoms with E-state index in [-0.39, 0.29) is 11.5 Å². The molecule has 136 valence electrons. The summed E-state index contributed by atoms with van der Waals surface area (Å²) >= 11 is 0. The highest BCUT2D eigenvalue weighted by atomic mass is 16.1.